The van der Waals surface area contributed by atoms with Crippen LogP contribution in [0, 0.1) is 10.8 Å². The minimum Gasteiger partial charge on any atom is -0.389 e. The van der Waals surface area contributed by atoms with E-state index in [4.69, 9.17) is 0 Å². The maximum Gasteiger partial charge on any atom is 0.0172 e. The lowest BCUT2D eigenvalue weighted by Crippen LogP contribution is -2.23. The molecule has 0 amide bonds. The molecule has 0 aliphatic rings. The first kappa shape index (κ1) is 20.1. The smallest absolute Gasteiger partial charge is 0.0172 e. The zero-order valence-corrected chi connectivity index (χ0v) is 15.6. The van der Waals surface area contributed by atoms with Crippen molar-refractivity contribution in [2.75, 3.05) is 20.1 Å². The molecule has 0 atom stereocenters. The molecule has 2 heteroatoms. The van der Waals surface area contributed by atoms with E-state index in [-0.39, 0.29) is 0 Å². The van der Waals surface area contributed by atoms with Gasteiger partial charge in [0.25, 0.3) is 0 Å². The van der Waals surface area contributed by atoms with Crippen LogP contribution in [0.2, 0.25) is 0 Å². The van der Waals surface area contributed by atoms with E-state index in [1.54, 1.807) is 0 Å². The highest BCUT2D eigenvalue weighted by Gasteiger charge is 2.14. The molecule has 0 spiro atoms. The summed E-state index contributed by atoms with van der Waals surface area (Å²) in [6, 6.07) is 0. The van der Waals surface area contributed by atoms with Crippen LogP contribution in [0.5, 0.6) is 0 Å². The molecule has 0 saturated heterocycles. The van der Waals surface area contributed by atoms with E-state index in [1.807, 2.05) is 0 Å². The molecule has 1 N–H and O–H groups in total. The fourth-order valence-corrected chi connectivity index (χ4v) is 2.35. The summed E-state index contributed by atoms with van der Waals surface area (Å²) < 4.78 is 0. The van der Waals surface area contributed by atoms with Crippen LogP contribution < -0.4 is 5.32 Å². The van der Waals surface area contributed by atoms with Crippen molar-refractivity contribution in [2.45, 2.75) is 67.2 Å². The Morgan fingerprint density at radius 3 is 1.90 bits per heavy atom. The second-order valence-corrected chi connectivity index (χ2v) is 8.70. The Hall–Kier alpha value is -0.920. The molecule has 0 aromatic carbocycles. The van der Waals surface area contributed by atoms with Crippen molar-refractivity contribution in [3.05, 3.63) is 24.6 Å². The first-order chi connectivity index (χ1) is 9.41. The summed E-state index contributed by atoms with van der Waals surface area (Å²) in [5.41, 5.74) is 3.03. The molecule has 0 fully saturated rings. The molecule has 124 valence electrons. The highest BCUT2D eigenvalue weighted by atomic mass is 15.1. The highest BCUT2D eigenvalue weighted by molar-refractivity contribution is 4.96. The third-order valence-corrected chi connectivity index (χ3v) is 3.31. The summed E-state index contributed by atoms with van der Waals surface area (Å²) >= 11 is 0. The molecule has 0 radical (unpaired) electrons. The van der Waals surface area contributed by atoms with Gasteiger partial charge in [0.05, 0.1) is 0 Å². The van der Waals surface area contributed by atoms with Gasteiger partial charge < -0.3 is 10.2 Å². The zero-order valence-electron chi connectivity index (χ0n) is 15.6. The predicted octanol–water partition coefficient (Wildman–Crippen LogP) is 5.19. The summed E-state index contributed by atoms with van der Waals surface area (Å²) in [6.45, 7) is 23.9. The van der Waals surface area contributed by atoms with Gasteiger partial charge in [0.2, 0.25) is 0 Å². The van der Waals surface area contributed by atoms with E-state index in [9.17, 15) is 0 Å². The van der Waals surface area contributed by atoms with Crippen LogP contribution in [0.25, 0.3) is 0 Å². The number of unbranched alkanes of at least 4 members (excludes halogenated alkanes) is 1. The Balaban J connectivity index is 3.76. The van der Waals surface area contributed by atoms with Gasteiger partial charge in [0.1, 0.15) is 0 Å². The first-order valence-corrected chi connectivity index (χ1v) is 8.21. The SMILES string of the molecule is C=C(CC(C)(C)C)NCCCCN(C)C(=C)CC(C)(C)C. The Morgan fingerprint density at radius 2 is 1.43 bits per heavy atom. The topological polar surface area (TPSA) is 15.3 Å². The molecule has 0 bridgehead atoms. The average molecular weight is 295 g/mol. The molecule has 0 aliphatic heterocycles. The molecule has 2 nitrogen and oxygen atoms in total. The molecule has 21 heavy (non-hydrogen) atoms. The largest absolute Gasteiger partial charge is 0.389 e. The van der Waals surface area contributed by atoms with Gasteiger partial charge >= 0.3 is 0 Å². The second-order valence-electron chi connectivity index (χ2n) is 8.70. The Morgan fingerprint density at radius 1 is 0.905 bits per heavy atom. The van der Waals surface area contributed by atoms with Gasteiger partial charge in [0.15, 0.2) is 0 Å². The average Bonchev–Trinajstić information content (AvgIpc) is 2.23. The summed E-state index contributed by atoms with van der Waals surface area (Å²) in [4.78, 5) is 2.30. The molecule has 0 saturated carbocycles. The number of hydrogen-bond acceptors (Lipinski definition) is 2. The van der Waals surface area contributed by atoms with Gasteiger partial charge in [-0.1, -0.05) is 54.7 Å². The minimum atomic E-state index is 0.314. The molecular weight excluding hydrogens is 256 g/mol. The lowest BCUT2D eigenvalue weighted by Gasteiger charge is -2.27. The van der Waals surface area contributed by atoms with E-state index >= 15 is 0 Å². The van der Waals surface area contributed by atoms with Gasteiger partial charge in [-0.15, -0.1) is 0 Å². The maximum atomic E-state index is 4.20. The Labute approximate surface area is 133 Å². The van der Waals surface area contributed by atoms with Crippen molar-refractivity contribution in [3.63, 3.8) is 0 Å². The third-order valence-electron chi connectivity index (χ3n) is 3.31. The fourth-order valence-electron chi connectivity index (χ4n) is 2.35. The van der Waals surface area contributed by atoms with E-state index in [2.05, 4.69) is 72.0 Å². The maximum absolute atomic E-state index is 4.20. The molecule has 0 rings (SSSR count). The van der Waals surface area contributed by atoms with E-state index in [0.717, 1.165) is 31.6 Å². The van der Waals surface area contributed by atoms with Gasteiger partial charge in [-0.25, -0.2) is 0 Å². The lowest BCUT2D eigenvalue weighted by molar-refractivity contribution is 0.322. The van der Waals surface area contributed by atoms with Crippen LogP contribution in [-0.4, -0.2) is 25.0 Å². The lowest BCUT2D eigenvalue weighted by atomic mass is 9.90. The van der Waals surface area contributed by atoms with Crippen molar-refractivity contribution < 1.29 is 0 Å². The normalized spacial score (nSPS) is 12.1. The molecule has 0 aromatic rings. The minimum absolute atomic E-state index is 0.314. The number of allylic oxidation sites excluding steroid dienone is 2. The standard InChI is InChI=1S/C19H38N2/c1-16(14-18(3,4)5)20-12-10-11-13-21(9)17(2)15-19(6,7)8/h20H,1-2,10-15H2,3-9H3. The fraction of sp³-hybridized carbons (Fsp3) is 0.789. The van der Waals surface area contributed by atoms with Crippen molar-refractivity contribution in [3.8, 4) is 0 Å². The summed E-state index contributed by atoms with van der Waals surface area (Å²) in [7, 11) is 2.15. The number of hydrogen-bond donors (Lipinski definition) is 1. The first-order valence-electron chi connectivity index (χ1n) is 8.21. The van der Waals surface area contributed by atoms with Crippen molar-refractivity contribution in [1.29, 1.82) is 0 Å². The van der Waals surface area contributed by atoms with E-state index in [0.29, 0.717) is 10.8 Å². The monoisotopic (exact) mass is 294 g/mol. The van der Waals surface area contributed by atoms with Crippen molar-refractivity contribution in [1.82, 2.24) is 10.2 Å². The molecule has 0 aliphatic carbocycles. The highest BCUT2D eigenvalue weighted by Crippen LogP contribution is 2.24. The van der Waals surface area contributed by atoms with Gasteiger partial charge in [-0.3, -0.25) is 0 Å². The Bertz CT molecular complexity index is 328. The van der Waals surface area contributed by atoms with Crippen LogP contribution in [0.3, 0.4) is 0 Å². The number of nitrogens with zero attached hydrogens (tertiary/aromatic N) is 1. The van der Waals surface area contributed by atoms with Crippen molar-refractivity contribution in [2.24, 2.45) is 10.8 Å². The Kier molecular flexibility index (Phi) is 8.13. The van der Waals surface area contributed by atoms with Crippen LogP contribution in [0.1, 0.15) is 67.2 Å². The molecular formula is C19H38N2. The van der Waals surface area contributed by atoms with Crippen molar-refractivity contribution >= 4 is 0 Å². The molecule has 0 unspecified atom stereocenters. The number of nitrogens with one attached hydrogen (secondary N) is 1. The molecule has 0 heterocycles. The van der Waals surface area contributed by atoms with Gasteiger partial charge in [-0.05, 0) is 36.5 Å². The number of rotatable bonds is 9. The summed E-state index contributed by atoms with van der Waals surface area (Å²) in [6.07, 6.45) is 4.46. The van der Waals surface area contributed by atoms with E-state index in [1.165, 1.54) is 18.5 Å². The van der Waals surface area contributed by atoms with E-state index < -0.39 is 0 Å². The molecule has 0 aromatic heterocycles. The summed E-state index contributed by atoms with van der Waals surface area (Å²) in [5, 5.41) is 3.44. The predicted molar refractivity (Wildman–Crippen MR) is 96.3 cm³/mol. The van der Waals surface area contributed by atoms with Crippen LogP contribution in [-0.2, 0) is 0 Å². The van der Waals surface area contributed by atoms with Crippen LogP contribution in [0.15, 0.2) is 24.6 Å². The second kappa shape index (κ2) is 8.51. The van der Waals surface area contributed by atoms with Gasteiger partial charge in [0, 0.05) is 31.5 Å². The van der Waals surface area contributed by atoms with Crippen LogP contribution in [0.4, 0.5) is 0 Å². The van der Waals surface area contributed by atoms with Gasteiger partial charge in [-0.2, -0.15) is 0 Å². The third kappa shape index (κ3) is 12.5. The quantitative estimate of drug-likeness (QED) is 0.589. The zero-order chi connectivity index (χ0) is 16.7. The van der Waals surface area contributed by atoms with Crippen LogP contribution >= 0.6 is 0 Å². The summed E-state index contributed by atoms with van der Waals surface area (Å²) in [5.74, 6) is 0.